The monoisotopic (exact) mass is 830 g/mol. The second-order valence-electron chi connectivity index (χ2n) is 19.5. The van der Waals surface area contributed by atoms with Gasteiger partial charge in [-0.25, -0.2) is 0 Å². The fourth-order valence-corrected chi connectivity index (χ4v) is 13.7. The van der Waals surface area contributed by atoms with Crippen molar-refractivity contribution in [2.24, 2.45) is 0 Å². The van der Waals surface area contributed by atoms with Crippen molar-refractivity contribution in [3.8, 4) is 11.1 Å². The molecule has 2 aromatic heterocycles. The Bertz CT molecular complexity index is 3410. The molecule has 0 fully saturated rings. The molecular formula is C60H50N2S. The normalized spacial score (nSPS) is 19.9. The zero-order valence-electron chi connectivity index (χ0n) is 36.5. The van der Waals surface area contributed by atoms with E-state index in [2.05, 4.69) is 207 Å². The van der Waals surface area contributed by atoms with Crippen LogP contribution in [0.1, 0.15) is 98.7 Å². The van der Waals surface area contributed by atoms with E-state index < -0.39 is 0 Å². The van der Waals surface area contributed by atoms with E-state index in [1.807, 2.05) is 11.3 Å². The second-order valence-corrected chi connectivity index (χ2v) is 20.5. The molecule has 0 bridgehead atoms. The summed E-state index contributed by atoms with van der Waals surface area (Å²) in [5.74, 6) is 0.604. The highest BCUT2D eigenvalue weighted by Crippen LogP contribution is 2.61. The van der Waals surface area contributed by atoms with Crippen LogP contribution in [0.3, 0.4) is 0 Å². The zero-order valence-corrected chi connectivity index (χ0v) is 37.3. The molecule has 63 heavy (non-hydrogen) atoms. The number of aromatic nitrogens is 1. The third-order valence-corrected chi connectivity index (χ3v) is 16.7. The maximum atomic E-state index is 2.65. The topological polar surface area (TPSA) is 8.17 Å². The molecule has 0 saturated carbocycles. The summed E-state index contributed by atoms with van der Waals surface area (Å²) in [5.41, 5.74) is 20.3. The Morgan fingerprint density at radius 3 is 2.24 bits per heavy atom. The predicted octanol–water partition coefficient (Wildman–Crippen LogP) is 16.9. The van der Waals surface area contributed by atoms with Crippen molar-refractivity contribution in [1.82, 2.24) is 4.57 Å². The molecule has 0 aliphatic heterocycles. The third kappa shape index (κ3) is 5.30. The zero-order chi connectivity index (χ0) is 42.2. The molecule has 0 radical (unpaired) electrons. The number of allylic oxidation sites excluding steroid dienone is 9. The number of thiophene rings is 1. The highest BCUT2D eigenvalue weighted by atomic mass is 32.1. The Balaban J connectivity index is 0.960. The Morgan fingerprint density at radius 1 is 0.651 bits per heavy atom. The molecular weight excluding hydrogens is 781 g/mol. The molecule has 2 heterocycles. The summed E-state index contributed by atoms with van der Waals surface area (Å²) in [6, 6.07) is 48.8. The van der Waals surface area contributed by atoms with Gasteiger partial charge in [-0.05, 0) is 125 Å². The van der Waals surface area contributed by atoms with Gasteiger partial charge < -0.3 is 9.47 Å². The van der Waals surface area contributed by atoms with Crippen molar-refractivity contribution in [3.63, 3.8) is 0 Å². The van der Waals surface area contributed by atoms with E-state index in [0.29, 0.717) is 11.8 Å². The molecule has 2 nitrogen and oxygen atoms in total. The maximum Gasteiger partial charge on any atom is 0.0534 e. The minimum absolute atomic E-state index is 0.0222. The standard InChI is InChI=1S/C60H50N2S/c1-59(2)51-22-11-8-17-43(51)44-31-29-40(35-52(44)59)61(39-27-25-37(26-28-39)42-20-14-21-50-47-19-10-13-24-55(47)63-58(42)50)41-30-32-45-48-33-34-49-46-18-9-12-23-54(46)62(38-15-6-5-7-16-38)57(49)56(48)60(3,4)53(45)36-41/h5-6,8-10,12-15,17-21,23-36,48,56H,7,11,16,22H2,1-4H3. The highest BCUT2D eigenvalue weighted by Gasteiger charge is 2.50. The molecule has 8 aromatic rings. The van der Waals surface area contributed by atoms with Crippen LogP contribution in [0, 0.1) is 0 Å². The lowest BCUT2D eigenvalue weighted by Crippen LogP contribution is -2.28. The minimum atomic E-state index is -0.125. The van der Waals surface area contributed by atoms with Crippen molar-refractivity contribution in [1.29, 1.82) is 0 Å². The van der Waals surface area contributed by atoms with Crippen molar-refractivity contribution < 1.29 is 0 Å². The number of anilines is 3. The van der Waals surface area contributed by atoms with Gasteiger partial charge in [0.15, 0.2) is 0 Å². The lowest BCUT2D eigenvalue weighted by molar-refractivity contribution is 0.413. The van der Waals surface area contributed by atoms with Crippen LogP contribution >= 0.6 is 11.3 Å². The SMILES string of the molecule is CC1(C)C2=C(C=CCC2)c2ccc(N(c3ccc(-c4cccc5c4sc4ccccc45)cc3)c3ccc4c(c3)C(C)(C)C3c5c(c6ccccc6n5C5=CC=CCC5)C=CC43)cc21. The van der Waals surface area contributed by atoms with E-state index in [9.17, 15) is 0 Å². The predicted molar refractivity (Wildman–Crippen MR) is 270 cm³/mol. The van der Waals surface area contributed by atoms with Crippen molar-refractivity contribution in [2.75, 3.05) is 4.90 Å². The molecule has 2 atom stereocenters. The van der Waals surface area contributed by atoms with Crippen molar-refractivity contribution >= 4 is 76.8 Å². The molecule has 5 aliphatic rings. The van der Waals surface area contributed by atoms with Gasteiger partial charge >= 0.3 is 0 Å². The van der Waals surface area contributed by atoms with Crippen LogP contribution in [-0.4, -0.2) is 4.57 Å². The van der Waals surface area contributed by atoms with Gasteiger partial charge in [0.05, 0.1) is 5.52 Å². The molecule has 0 spiro atoms. The van der Waals surface area contributed by atoms with Crippen LogP contribution in [-0.2, 0) is 10.8 Å². The van der Waals surface area contributed by atoms with Gasteiger partial charge in [0.2, 0.25) is 0 Å². The summed E-state index contributed by atoms with van der Waals surface area (Å²) >= 11 is 1.90. The first-order chi connectivity index (χ1) is 30.8. The minimum Gasteiger partial charge on any atom is -0.316 e. The number of para-hydroxylation sites is 1. The number of hydrogen-bond donors (Lipinski definition) is 0. The number of rotatable bonds is 5. The quantitative estimate of drug-likeness (QED) is 0.168. The molecule has 3 heteroatoms. The first kappa shape index (κ1) is 37.2. The van der Waals surface area contributed by atoms with Crippen LogP contribution in [0.2, 0.25) is 0 Å². The summed E-state index contributed by atoms with van der Waals surface area (Å²) in [6.45, 7) is 9.89. The van der Waals surface area contributed by atoms with Gasteiger partial charge in [0.1, 0.15) is 0 Å². The van der Waals surface area contributed by atoms with Crippen LogP contribution in [0.4, 0.5) is 17.1 Å². The first-order valence-electron chi connectivity index (χ1n) is 23.0. The Kier molecular flexibility index (Phi) is 7.99. The Labute approximate surface area is 374 Å². The summed E-state index contributed by atoms with van der Waals surface area (Å²) in [4.78, 5) is 2.53. The molecule has 5 aliphatic carbocycles. The largest absolute Gasteiger partial charge is 0.316 e. The molecule has 2 unspecified atom stereocenters. The number of benzene rings is 6. The maximum absolute atomic E-state index is 2.65. The molecule has 0 saturated heterocycles. The summed E-state index contributed by atoms with van der Waals surface area (Å²) in [5, 5.41) is 4.03. The van der Waals surface area contributed by atoms with Gasteiger partial charge in [-0.3, -0.25) is 0 Å². The first-order valence-corrected chi connectivity index (χ1v) is 23.8. The van der Waals surface area contributed by atoms with E-state index in [4.69, 9.17) is 0 Å². The second kappa shape index (κ2) is 13.5. The van der Waals surface area contributed by atoms with E-state index >= 15 is 0 Å². The third-order valence-electron chi connectivity index (χ3n) is 15.5. The fourth-order valence-electron chi connectivity index (χ4n) is 12.5. The number of hydrogen-bond acceptors (Lipinski definition) is 2. The molecule has 306 valence electrons. The van der Waals surface area contributed by atoms with E-state index in [-0.39, 0.29) is 10.8 Å². The molecule has 6 aromatic carbocycles. The van der Waals surface area contributed by atoms with Gasteiger partial charge in [-0.15, -0.1) is 11.3 Å². The summed E-state index contributed by atoms with van der Waals surface area (Å²) in [7, 11) is 0. The molecule has 13 rings (SSSR count). The van der Waals surface area contributed by atoms with Crippen LogP contribution in [0.15, 0.2) is 169 Å². The smallest absolute Gasteiger partial charge is 0.0534 e. The van der Waals surface area contributed by atoms with E-state index in [1.165, 1.54) is 104 Å². The van der Waals surface area contributed by atoms with Crippen molar-refractivity contribution in [3.05, 3.63) is 203 Å². The van der Waals surface area contributed by atoms with Gasteiger partial charge in [0.25, 0.3) is 0 Å². The Hall–Kier alpha value is -6.42. The Morgan fingerprint density at radius 2 is 1.40 bits per heavy atom. The van der Waals surface area contributed by atoms with Crippen LogP contribution < -0.4 is 4.90 Å². The van der Waals surface area contributed by atoms with Gasteiger partial charge in [-0.2, -0.15) is 0 Å². The van der Waals surface area contributed by atoms with Crippen molar-refractivity contribution in [2.45, 2.75) is 76.0 Å². The average Bonchev–Trinajstić information content (AvgIpc) is 4.00. The fraction of sp³-hybridized carbons (Fsp3) is 0.200. The number of fused-ring (bicyclic) bond motifs is 12. The van der Waals surface area contributed by atoms with E-state index in [1.54, 1.807) is 5.57 Å². The summed E-state index contributed by atoms with van der Waals surface area (Å²) < 4.78 is 5.33. The molecule has 0 amide bonds. The lowest BCUT2D eigenvalue weighted by atomic mass is 9.71. The molecule has 0 N–H and O–H groups in total. The number of nitrogens with zero attached hydrogens (tertiary/aromatic N) is 2. The van der Waals surface area contributed by atoms with Crippen LogP contribution in [0.5, 0.6) is 0 Å². The lowest BCUT2D eigenvalue weighted by Gasteiger charge is -2.35. The average molecular weight is 831 g/mol. The highest BCUT2D eigenvalue weighted by molar-refractivity contribution is 7.26. The van der Waals surface area contributed by atoms with Gasteiger partial charge in [0, 0.05) is 76.8 Å². The van der Waals surface area contributed by atoms with E-state index in [0.717, 1.165) is 25.7 Å². The summed E-state index contributed by atoms with van der Waals surface area (Å²) in [6.07, 6.45) is 21.0. The van der Waals surface area contributed by atoms with Gasteiger partial charge in [-0.1, -0.05) is 149 Å². The van der Waals surface area contributed by atoms with Crippen LogP contribution in [0.25, 0.3) is 59.5 Å².